The zero-order valence-corrected chi connectivity index (χ0v) is 9.95. The molecule has 0 aromatic rings. The van der Waals surface area contributed by atoms with Crippen LogP contribution in [0.1, 0.15) is 6.92 Å². The van der Waals surface area contributed by atoms with E-state index in [4.69, 9.17) is 23.3 Å². The first-order valence-corrected chi connectivity index (χ1v) is 4.20. The van der Waals surface area contributed by atoms with Crippen molar-refractivity contribution in [1.29, 1.82) is 0 Å². The van der Waals surface area contributed by atoms with Gasteiger partial charge in [-0.2, -0.15) is 0 Å². The van der Waals surface area contributed by atoms with E-state index < -0.39 is 0 Å². The fraction of sp³-hybridized carbons (Fsp3) is 0.250. The SMILES string of the molecule is CS[C](C)=[Cr].[C-]#[O+].[C-]#[O+].[C-]#[O+].[C-]#[O+].[C-]#[O+]. The summed E-state index contributed by atoms with van der Waals surface area (Å²) in [6.45, 7) is 24.5. The molecule has 0 atom stereocenters. The summed E-state index contributed by atoms with van der Waals surface area (Å²) < 4.78 is 38.8. The summed E-state index contributed by atoms with van der Waals surface area (Å²) in [6.07, 6.45) is 2.05. The summed E-state index contributed by atoms with van der Waals surface area (Å²) in [5.41, 5.74) is 0. The van der Waals surface area contributed by atoms with Crippen LogP contribution in [0.4, 0.5) is 0 Å². The van der Waals surface area contributed by atoms with E-state index in [9.17, 15) is 0 Å². The molecule has 0 amide bonds. The fourth-order valence-electron chi connectivity index (χ4n) is 0. The predicted octanol–water partition coefficient (Wildman–Crippen LogP) is 0.858. The van der Waals surface area contributed by atoms with Crippen molar-refractivity contribution >= 4 is 15.5 Å². The zero-order valence-electron chi connectivity index (χ0n) is 7.86. The van der Waals surface area contributed by atoms with E-state index in [1.54, 1.807) is 11.8 Å². The summed E-state index contributed by atoms with van der Waals surface area (Å²) in [7, 11) is 0. The van der Waals surface area contributed by atoms with Crippen molar-refractivity contribution in [2.75, 3.05) is 6.26 Å². The van der Waals surface area contributed by atoms with Crippen molar-refractivity contribution < 1.29 is 39.1 Å². The maximum absolute atomic E-state index is 7.50. The molecule has 0 heterocycles. The van der Waals surface area contributed by atoms with Crippen LogP contribution in [-0.2, 0) is 39.1 Å². The number of rotatable bonds is 1. The Hall–Kier alpha value is -0.548. The molecule has 0 N–H and O–H groups in total. The van der Waals surface area contributed by atoms with Crippen LogP contribution in [0.25, 0.3) is 0 Å². The first-order chi connectivity index (χ1) is 7.27. The standard InChI is InChI=1S/C3H6S.5CO.Cr/c1-3-4-2;5*1-2;/h1-2H3;;;;;;. The van der Waals surface area contributed by atoms with Gasteiger partial charge in [0.25, 0.3) is 0 Å². The molecule has 5 nitrogen and oxygen atoms in total. The quantitative estimate of drug-likeness (QED) is 0.510. The summed E-state index contributed by atoms with van der Waals surface area (Å²) >= 11 is 4.61. The van der Waals surface area contributed by atoms with Gasteiger partial charge in [-0.3, -0.25) is 0 Å². The molecule has 0 aromatic heterocycles. The molecule has 0 unspecified atom stereocenters. The van der Waals surface area contributed by atoms with Gasteiger partial charge in [-0.25, -0.2) is 0 Å². The molecular weight excluding hydrogens is 260 g/mol. The van der Waals surface area contributed by atoms with Gasteiger partial charge in [0, 0.05) is 0 Å². The van der Waals surface area contributed by atoms with Crippen molar-refractivity contribution in [3.8, 4) is 0 Å². The van der Waals surface area contributed by atoms with Gasteiger partial charge in [-0.15, -0.1) is 0 Å². The summed E-state index contributed by atoms with van der Waals surface area (Å²) in [6, 6.07) is 0. The van der Waals surface area contributed by atoms with Crippen LogP contribution < -0.4 is 0 Å². The Morgan fingerprint density at radius 3 is 0.867 bits per heavy atom. The number of hydrogen-bond donors (Lipinski definition) is 0. The van der Waals surface area contributed by atoms with Crippen molar-refractivity contribution in [3.63, 3.8) is 0 Å². The van der Waals surface area contributed by atoms with Gasteiger partial charge < -0.3 is 0 Å². The molecule has 0 radical (unpaired) electrons. The van der Waals surface area contributed by atoms with Crippen molar-refractivity contribution in [2.45, 2.75) is 6.92 Å². The molecule has 15 heavy (non-hydrogen) atoms. The second kappa shape index (κ2) is 175. The van der Waals surface area contributed by atoms with E-state index >= 15 is 0 Å². The second-order valence-electron chi connectivity index (χ2n) is 0.696. The molecule has 0 fully saturated rings. The molecule has 80 valence electrons. The van der Waals surface area contributed by atoms with E-state index in [-0.39, 0.29) is 0 Å². The number of thioether (sulfide) groups is 1. The molecule has 0 rings (SSSR count). The molecule has 0 bridgehead atoms. The summed E-state index contributed by atoms with van der Waals surface area (Å²) in [5, 5.41) is 0. The molecule has 0 saturated heterocycles. The Balaban J connectivity index is -0.0000000177. The first kappa shape index (κ1) is 36.6. The first-order valence-electron chi connectivity index (χ1n) is 2.34. The monoisotopic (exact) mass is 266 g/mol. The minimum atomic E-state index is 1.30. The normalized spacial score (nSPS) is 3.20. The molecule has 7 heteroatoms. The Bertz CT molecular complexity index is 157. The van der Waals surface area contributed by atoms with Gasteiger partial charge in [0.05, 0.1) is 0 Å². The maximum atomic E-state index is 7.50. The third-order valence-corrected chi connectivity index (χ3v) is 1.64. The molecule has 0 aliphatic heterocycles. The van der Waals surface area contributed by atoms with E-state index in [1.165, 1.54) is 3.71 Å². The van der Waals surface area contributed by atoms with Gasteiger partial charge in [-0.1, -0.05) is 0 Å². The van der Waals surface area contributed by atoms with Crippen LogP contribution in [0.15, 0.2) is 0 Å². The molecular formula is C8H6CrO5S. The van der Waals surface area contributed by atoms with Crippen molar-refractivity contribution in [3.05, 3.63) is 33.3 Å². The minimum absolute atomic E-state index is 1.30. The van der Waals surface area contributed by atoms with E-state index in [0.29, 0.717) is 0 Å². The van der Waals surface area contributed by atoms with Gasteiger partial charge in [-0.05, 0) is 0 Å². The van der Waals surface area contributed by atoms with Crippen molar-refractivity contribution in [1.82, 2.24) is 0 Å². The molecule has 0 aliphatic carbocycles. The Morgan fingerprint density at radius 2 is 0.867 bits per heavy atom. The average molecular weight is 266 g/mol. The third kappa shape index (κ3) is 836. The third-order valence-electron chi connectivity index (χ3n) is 0.287. The van der Waals surface area contributed by atoms with Crippen LogP contribution in [0.5, 0.6) is 0 Å². The van der Waals surface area contributed by atoms with Crippen LogP contribution in [0.2, 0.25) is 0 Å². The van der Waals surface area contributed by atoms with Crippen LogP contribution in [0.3, 0.4) is 0 Å². The van der Waals surface area contributed by atoms with E-state index in [0.717, 1.165) is 0 Å². The van der Waals surface area contributed by atoms with Gasteiger partial charge >= 0.3 is 101 Å². The Kier molecular flexibility index (Phi) is 427. The Labute approximate surface area is 101 Å². The fourth-order valence-corrected chi connectivity index (χ4v) is 0. The Morgan fingerprint density at radius 1 is 0.800 bits per heavy atom. The van der Waals surface area contributed by atoms with E-state index in [1.807, 2.05) is 13.2 Å². The zero-order chi connectivity index (χ0) is 14.3. The predicted molar refractivity (Wildman–Crippen MR) is 43.8 cm³/mol. The van der Waals surface area contributed by atoms with Crippen molar-refractivity contribution in [2.24, 2.45) is 0 Å². The van der Waals surface area contributed by atoms with Gasteiger partial charge in [0.15, 0.2) is 0 Å². The molecule has 0 aromatic carbocycles. The van der Waals surface area contributed by atoms with Crippen LogP contribution in [0, 0.1) is 33.3 Å². The number of hydrogen-bond acceptors (Lipinski definition) is 1. The van der Waals surface area contributed by atoms with Crippen LogP contribution in [-0.4, -0.2) is 9.97 Å². The topological polar surface area (TPSA) is 99.5 Å². The van der Waals surface area contributed by atoms with E-state index in [2.05, 4.69) is 49.1 Å². The molecule has 0 aliphatic rings. The van der Waals surface area contributed by atoms with Gasteiger partial charge in [0.2, 0.25) is 0 Å². The average Bonchev–Trinajstić information content (AvgIpc) is 2.41. The molecule has 0 spiro atoms. The summed E-state index contributed by atoms with van der Waals surface area (Å²) in [5.74, 6) is 0. The summed E-state index contributed by atoms with van der Waals surface area (Å²) in [4.78, 5) is 0. The second-order valence-corrected chi connectivity index (χ2v) is 3.10. The van der Waals surface area contributed by atoms with Crippen LogP contribution >= 0.6 is 11.8 Å². The van der Waals surface area contributed by atoms with Gasteiger partial charge in [0.1, 0.15) is 0 Å². The molecule has 0 saturated carbocycles.